The van der Waals surface area contributed by atoms with Gasteiger partial charge in [-0.05, 0) is 19.8 Å². The van der Waals surface area contributed by atoms with Gasteiger partial charge in [-0.3, -0.25) is 0 Å². The van der Waals surface area contributed by atoms with Crippen molar-refractivity contribution in [3.05, 3.63) is 18.2 Å². The Morgan fingerprint density at radius 1 is 1.27 bits per heavy atom. The summed E-state index contributed by atoms with van der Waals surface area (Å²) in [5, 5.41) is 5.48. The fourth-order valence-electron chi connectivity index (χ4n) is 2.34. The summed E-state index contributed by atoms with van der Waals surface area (Å²) in [6, 6.07) is 0.553. The summed E-state index contributed by atoms with van der Waals surface area (Å²) in [5.74, 6) is 0.822. The largest absolute Gasteiger partial charge is 0.244 e. The molecule has 2 heterocycles. The molecule has 0 unspecified atom stereocenters. The minimum Gasteiger partial charge on any atom is -0.244 e. The second-order valence-corrected chi connectivity index (χ2v) is 4.22. The highest BCUT2D eigenvalue weighted by atomic mass is 15.3. The molecule has 15 heavy (non-hydrogen) atoms. The van der Waals surface area contributed by atoms with Crippen molar-refractivity contribution in [3.8, 4) is 0 Å². The number of hydrogen-bond acceptors (Lipinski definition) is 3. The van der Waals surface area contributed by atoms with Crippen molar-refractivity contribution in [1.82, 2.24) is 19.7 Å². The van der Waals surface area contributed by atoms with Crippen molar-refractivity contribution < 1.29 is 0 Å². The zero-order valence-corrected chi connectivity index (χ0v) is 8.85. The quantitative estimate of drug-likeness (QED) is 0.712. The second kappa shape index (κ2) is 3.29. The van der Waals surface area contributed by atoms with E-state index in [4.69, 9.17) is 0 Å². The Morgan fingerprint density at radius 2 is 2.07 bits per heavy atom. The Bertz CT molecular complexity index is 482. The molecule has 4 nitrogen and oxygen atoms in total. The molecule has 78 valence electrons. The normalized spacial score (nSPS) is 17.7. The Kier molecular flexibility index (Phi) is 1.94. The summed E-state index contributed by atoms with van der Waals surface area (Å²) in [7, 11) is 0. The first kappa shape index (κ1) is 8.83. The number of aryl methyl sites for hydroxylation is 1. The van der Waals surface area contributed by atoms with E-state index in [1.54, 1.807) is 0 Å². The molecule has 0 saturated heterocycles. The third kappa shape index (κ3) is 1.40. The molecule has 1 fully saturated rings. The SMILES string of the molecule is Cc1ncc2cnn(C3CCCC3)c2n1. The third-order valence-corrected chi connectivity index (χ3v) is 3.13. The van der Waals surface area contributed by atoms with Crippen LogP contribution in [0.2, 0.25) is 0 Å². The maximum atomic E-state index is 4.47. The number of aromatic nitrogens is 4. The Morgan fingerprint density at radius 3 is 2.87 bits per heavy atom. The minimum absolute atomic E-state index is 0.553. The van der Waals surface area contributed by atoms with Crippen LogP contribution in [0.5, 0.6) is 0 Å². The van der Waals surface area contributed by atoms with E-state index >= 15 is 0 Å². The van der Waals surface area contributed by atoms with E-state index in [2.05, 4.69) is 19.7 Å². The summed E-state index contributed by atoms with van der Waals surface area (Å²) in [6.07, 6.45) is 8.83. The van der Waals surface area contributed by atoms with Crippen LogP contribution in [0.15, 0.2) is 12.4 Å². The number of nitrogens with zero attached hydrogens (tertiary/aromatic N) is 4. The van der Waals surface area contributed by atoms with E-state index in [1.165, 1.54) is 25.7 Å². The predicted molar refractivity (Wildman–Crippen MR) is 57.6 cm³/mol. The highest BCUT2D eigenvalue weighted by Crippen LogP contribution is 2.30. The lowest BCUT2D eigenvalue weighted by Crippen LogP contribution is -2.07. The zero-order chi connectivity index (χ0) is 10.3. The van der Waals surface area contributed by atoms with Crippen LogP contribution in [0.25, 0.3) is 11.0 Å². The van der Waals surface area contributed by atoms with Gasteiger partial charge in [0.2, 0.25) is 0 Å². The van der Waals surface area contributed by atoms with Crippen LogP contribution in [0.1, 0.15) is 37.5 Å². The summed E-state index contributed by atoms with van der Waals surface area (Å²) in [6.45, 7) is 1.92. The number of fused-ring (bicyclic) bond motifs is 1. The van der Waals surface area contributed by atoms with Crippen LogP contribution in [0.3, 0.4) is 0 Å². The van der Waals surface area contributed by atoms with Crippen molar-refractivity contribution in [2.75, 3.05) is 0 Å². The maximum Gasteiger partial charge on any atom is 0.161 e. The second-order valence-electron chi connectivity index (χ2n) is 4.22. The van der Waals surface area contributed by atoms with Crippen LogP contribution in [0, 0.1) is 6.92 Å². The molecule has 0 aliphatic heterocycles. The highest BCUT2D eigenvalue weighted by Gasteiger charge is 2.19. The lowest BCUT2D eigenvalue weighted by atomic mass is 10.2. The molecule has 0 aromatic carbocycles. The molecule has 0 N–H and O–H groups in total. The monoisotopic (exact) mass is 202 g/mol. The van der Waals surface area contributed by atoms with Crippen molar-refractivity contribution in [2.45, 2.75) is 38.6 Å². The summed E-state index contributed by atoms with van der Waals surface area (Å²) in [5.41, 5.74) is 0.995. The average molecular weight is 202 g/mol. The first-order valence-corrected chi connectivity index (χ1v) is 5.51. The van der Waals surface area contributed by atoms with Gasteiger partial charge in [0.05, 0.1) is 17.6 Å². The Balaban J connectivity index is 2.13. The van der Waals surface area contributed by atoms with E-state index in [-0.39, 0.29) is 0 Å². The van der Waals surface area contributed by atoms with Crippen molar-refractivity contribution >= 4 is 11.0 Å². The van der Waals surface area contributed by atoms with Gasteiger partial charge in [-0.1, -0.05) is 12.8 Å². The topological polar surface area (TPSA) is 43.6 Å². The molecule has 3 rings (SSSR count). The smallest absolute Gasteiger partial charge is 0.161 e. The third-order valence-electron chi connectivity index (χ3n) is 3.13. The number of rotatable bonds is 1. The first-order valence-electron chi connectivity index (χ1n) is 5.51. The average Bonchev–Trinajstić information content (AvgIpc) is 2.83. The van der Waals surface area contributed by atoms with Crippen molar-refractivity contribution in [2.24, 2.45) is 0 Å². The van der Waals surface area contributed by atoms with E-state index in [0.717, 1.165) is 16.9 Å². The lowest BCUT2D eigenvalue weighted by molar-refractivity contribution is 0.478. The van der Waals surface area contributed by atoms with E-state index in [1.807, 2.05) is 19.3 Å². The van der Waals surface area contributed by atoms with Crippen molar-refractivity contribution in [1.29, 1.82) is 0 Å². The van der Waals surface area contributed by atoms with Crippen LogP contribution in [-0.4, -0.2) is 19.7 Å². The molecule has 1 saturated carbocycles. The van der Waals surface area contributed by atoms with E-state index in [0.29, 0.717) is 6.04 Å². The zero-order valence-electron chi connectivity index (χ0n) is 8.85. The van der Waals surface area contributed by atoms with Gasteiger partial charge in [0.1, 0.15) is 5.82 Å². The van der Waals surface area contributed by atoms with Gasteiger partial charge in [-0.15, -0.1) is 0 Å². The molecule has 1 aliphatic rings. The van der Waals surface area contributed by atoms with E-state index in [9.17, 15) is 0 Å². The van der Waals surface area contributed by atoms with Gasteiger partial charge in [0, 0.05) is 6.20 Å². The molecule has 4 heteroatoms. The van der Waals surface area contributed by atoms with Gasteiger partial charge in [-0.2, -0.15) is 5.10 Å². The van der Waals surface area contributed by atoms with Crippen LogP contribution >= 0.6 is 0 Å². The van der Waals surface area contributed by atoms with Gasteiger partial charge in [0.15, 0.2) is 5.65 Å². The molecule has 0 amide bonds. The molecule has 2 aromatic rings. The predicted octanol–water partition coefficient (Wildman–Crippen LogP) is 2.25. The van der Waals surface area contributed by atoms with E-state index < -0.39 is 0 Å². The molecule has 0 radical (unpaired) electrons. The molecule has 2 aromatic heterocycles. The van der Waals surface area contributed by atoms with Gasteiger partial charge in [0.25, 0.3) is 0 Å². The maximum absolute atomic E-state index is 4.47. The van der Waals surface area contributed by atoms with Crippen LogP contribution in [-0.2, 0) is 0 Å². The fourth-order valence-corrected chi connectivity index (χ4v) is 2.34. The minimum atomic E-state index is 0.553. The fraction of sp³-hybridized carbons (Fsp3) is 0.545. The molecule has 0 spiro atoms. The molecular weight excluding hydrogens is 188 g/mol. The lowest BCUT2D eigenvalue weighted by Gasteiger charge is -2.10. The van der Waals surface area contributed by atoms with Crippen molar-refractivity contribution in [3.63, 3.8) is 0 Å². The van der Waals surface area contributed by atoms with Crippen LogP contribution in [0.4, 0.5) is 0 Å². The Hall–Kier alpha value is -1.45. The van der Waals surface area contributed by atoms with Gasteiger partial charge in [-0.25, -0.2) is 14.6 Å². The molecule has 1 aliphatic carbocycles. The molecule has 0 bridgehead atoms. The summed E-state index contributed by atoms with van der Waals surface area (Å²) >= 11 is 0. The van der Waals surface area contributed by atoms with Gasteiger partial charge >= 0.3 is 0 Å². The Labute approximate surface area is 88.3 Å². The first-order chi connectivity index (χ1) is 7.34. The molecular formula is C11H14N4. The highest BCUT2D eigenvalue weighted by molar-refractivity contribution is 5.73. The number of hydrogen-bond donors (Lipinski definition) is 0. The van der Waals surface area contributed by atoms with Crippen LogP contribution < -0.4 is 0 Å². The van der Waals surface area contributed by atoms with Gasteiger partial charge < -0.3 is 0 Å². The summed E-state index contributed by atoms with van der Waals surface area (Å²) < 4.78 is 2.08. The molecule has 0 atom stereocenters. The summed E-state index contributed by atoms with van der Waals surface area (Å²) in [4.78, 5) is 8.65. The standard InChI is InChI=1S/C11H14N4/c1-8-12-6-9-7-13-15(11(9)14-8)10-4-2-3-5-10/h6-7,10H,2-5H2,1H3.